The summed E-state index contributed by atoms with van der Waals surface area (Å²) in [5.74, 6) is 0.844. The van der Waals surface area contributed by atoms with Crippen molar-refractivity contribution in [3.63, 3.8) is 0 Å². The fourth-order valence-electron chi connectivity index (χ4n) is 3.49. The Bertz CT molecular complexity index is 324. The van der Waals surface area contributed by atoms with Crippen LogP contribution in [0.25, 0.3) is 0 Å². The zero-order chi connectivity index (χ0) is 14.0. The third kappa shape index (κ3) is 3.29. The lowest BCUT2D eigenvalue weighted by atomic mass is 10.0. The van der Waals surface area contributed by atoms with Crippen molar-refractivity contribution in [2.75, 3.05) is 13.2 Å². The maximum Gasteiger partial charge on any atom is 0.240 e. The van der Waals surface area contributed by atoms with E-state index >= 15 is 0 Å². The first-order valence-corrected chi connectivity index (χ1v) is 7.65. The van der Waals surface area contributed by atoms with Gasteiger partial charge in [-0.3, -0.25) is 10.1 Å². The molecule has 19 heavy (non-hydrogen) atoms. The van der Waals surface area contributed by atoms with Gasteiger partial charge >= 0.3 is 0 Å². The van der Waals surface area contributed by atoms with Gasteiger partial charge in [0.05, 0.1) is 24.4 Å². The predicted octanol–water partition coefficient (Wildman–Crippen LogP) is 2.14. The Morgan fingerprint density at radius 1 is 1.37 bits per heavy atom. The van der Waals surface area contributed by atoms with Crippen LogP contribution in [0.4, 0.5) is 0 Å². The second-order valence-electron chi connectivity index (χ2n) is 6.54. The third-order valence-corrected chi connectivity index (χ3v) is 4.34. The van der Waals surface area contributed by atoms with Gasteiger partial charge in [-0.2, -0.15) is 0 Å². The molecule has 1 N–H and O–H groups in total. The summed E-state index contributed by atoms with van der Waals surface area (Å²) in [4.78, 5) is 14.4. The highest BCUT2D eigenvalue weighted by Crippen LogP contribution is 2.32. The maximum absolute atomic E-state index is 12.4. The van der Waals surface area contributed by atoms with E-state index in [4.69, 9.17) is 4.74 Å². The van der Waals surface area contributed by atoms with Crippen LogP contribution in [0.15, 0.2) is 0 Å². The Kier molecular flexibility index (Phi) is 4.51. The second-order valence-corrected chi connectivity index (χ2v) is 6.54. The van der Waals surface area contributed by atoms with Gasteiger partial charge in [-0.15, -0.1) is 0 Å². The van der Waals surface area contributed by atoms with E-state index < -0.39 is 0 Å². The van der Waals surface area contributed by atoms with Crippen LogP contribution in [0.2, 0.25) is 0 Å². The van der Waals surface area contributed by atoms with Crippen LogP contribution in [0.1, 0.15) is 53.4 Å². The number of hydrogen-bond donors (Lipinski definition) is 1. The Morgan fingerprint density at radius 2 is 2.00 bits per heavy atom. The number of hydrogen-bond acceptors (Lipinski definition) is 3. The average Bonchev–Trinajstić information content (AvgIpc) is 2.92. The minimum atomic E-state index is -0.271. The van der Waals surface area contributed by atoms with Crippen molar-refractivity contribution >= 4 is 5.91 Å². The van der Waals surface area contributed by atoms with E-state index in [1.807, 2.05) is 18.7 Å². The molecule has 110 valence electrons. The molecule has 2 unspecified atom stereocenters. The molecule has 2 aliphatic rings. The molecule has 0 aromatic carbocycles. The van der Waals surface area contributed by atoms with Crippen molar-refractivity contribution in [2.45, 2.75) is 71.2 Å². The fourth-order valence-corrected chi connectivity index (χ4v) is 3.49. The van der Waals surface area contributed by atoms with E-state index in [0.29, 0.717) is 19.1 Å². The minimum absolute atomic E-state index is 0.0528. The molecular weight excluding hydrogens is 240 g/mol. The molecule has 0 spiro atoms. The second kappa shape index (κ2) is 5.80. The Balaban J connectivity index is 2.07. The first kappa shape index (κ1) is 14.8. The molecule has 2 atom stereocenters. The fraction of sp³-hybridized carbons (Fsp3) is 0.933. The molecule has 2 fully saturated rings. The van der Waals surface area contributed by atoms with E-state index in [1.54, 1.807) is 0 Å². The maximum atomic E-state index is 12.4. The first-order valence-electron chi connectivity index (χ1n) is 7.65. The lowest BCUT2D eigenvalue weighted by Crippen LogP contribution is -2.49. The van der Waals surface area contributed by atoms with Crippen LogP contribution in [-0.2, 0) is 9.53 Å². The van der Waals surface area contributed by atoms with Crippen LogP contribution >= 0.6 is 0 Å². The molecule has 2 rings (SSSR count). The standard InChI is InChI=1S/C15H28N2O2/c1-5-19-15(3,4)10-17-13(12-8-6-7-9-12)16-11(2)14(17)18/h11-13,16H,5-10H2,1-4H3. The van der Waals surface area contributed by atoms with Gasteiger partial charge in [0, 0.05) is 6.61 Å². The minimum Gasteiger partial charge on any atom is -0.374 e. The largest absolute Gasteiger partial charge is 0.374 e. The zero-order valence-corrected chi connectivity index (χ0v) is 12.7. The van der Waals surface area contributed by atoms with Gasteiger partial charge in [0.1, 0.15) is 0 Å². The molecule has 4 nitrogen and oxygen atoms in total. The molecule has 1 amide bonds. The molecule has 1 heterocycles. The summed E-state index contributed by atoms with van der Waals surface area (Å²) in [6.07, 6.45) is 5.29. The smallest absolute Gasteiger partial charge is 0.240 e. The number of carbonyl (C=O) groups is 1. The number of nitrogens with one attached hydrogen (secondary N) is 1. The van der Waals surface area contributed by atoms with Gasteiger partial charge < -0.3 is 9.64 Å². The molecule has 1 aliphatic heterocycles. The normalized spacial score (nSPS) is 29.5. The zero-order valence-electron chi connectivity index (χ0n) is 12.7. The quantitative estimate of drug-likeness (QED) is 0.830. The third-order valence-electron chi connectivity index (χ3n) is 4.34. The molecule has 0 aromatic rings. The number of rotatable bonds is 5. The summed E-state index contributed by atoms with van der Waals surface area (Å²) in [5, 5.41) is 3.48. The Labute approximate surface area is 116 Å². The van der Waals surface area contributed by atoms with Crippen molar-refractivity contribution < 1.29 is 9.53 Å². The molecule has 1 saturated carbocycles. The Hall–Kier alpha value is -0.610. The van der Waals surface area contributed by atoms with Crippen LogP contribution in [-0.4, -0.2) is 41.8 Å². The van der Waals surface area contributed by atoms with Crippen LogP contribution in [0.5, 0.6) is 0 Å². The van der Waals surface area contributed by atoms with Crippen LogP contribution < -0.4 is 5.32 Å². The predicted molar refractivity (Wildman–Crippen MR) is 75.8 cm³/mol. The van der Waals surface area contributed by atoms with Gasteiger partial charge in [0.25, 0.3) is 0 Å². The highest BCUT2D eigenvalue weighted by molar-refractivity contribution is 5.84. The highest BCUT2D eigenvalue weighted by atomic mass is 16.5. The SMILES string of the molecule is CCOC(C)(C)CN1C(=O)C(C)NC1C1CCCC1. The van der Waals surface area contributed by atoms with Crippen LogP contribution in [0, 0.1) is 5.92 Å². The van der Waals surface area contributed by atoms with E-state index in [9.17, 15) is 4.79 Å². The van der Waals surface area contributed by atoms with Crippen molar-refractivity contribution in [3.8, 4) is 0 Å². The summed E-state index contributed by atoms with van der Waals surface area (Å²) >= 11 is 0. The van der Waals surface area contributed by atoms with Crippen molar-refractivity contribution in [2.24, 2.45) is 5.92 Å². The van der Waals surface area contributed by atoms with Crippen molar-refractivity contribution in [3.05, 3.63) is 0 Å². The number of amides is 1. The number of nitrogens with zero attached hydrogens (tertiary/aromatic N) is 1. The molecular formula is C15H28N2O2. The molecule has 0 radical (unpaired) electrons. The molecule has 4 heteroatoms. The van der Waals surface area contributed by atoms with Gasteiger partial charge in [-0.1, -0.05) is 12.8 Å². The van der Waals surface area contributed by atoms with Gasteiger partial charge in [-0.25, -0.2) is 0 Å². The first-order chi connectivity index (χ1) is 8.94. The van der Waals surface area contributed by atoms with Gasteiger partial charge in [0.2, 0.25) is 5.91 Å². The van der Waals surface area contributed by atoms with Gasteiger partial charge in [-0.05, 0) is 46.5 Å². The molecule has 1 aliphatic carbocycles. The lowest BCUT2D eigenvalue weighted by Gasteiger charge is -2.35. The molecule has 1 saturated heterocycles. The van der Waals surface area contributed by atoms with E-state index in [0.717, 1.165) is 0 Å². The summed E-state index contributed by atoms with van der Waals surface area (Å²) in [7, 11) is 0. The topological polar surface area (TPSA) is 41.6 Å². The molecule has 0 aromatic heterocycles. The summed E-state index contributed by atoms with van der Waals surface area (Å²) in [6.45, 7) is 9.47. The van der Waals surface area contributed by atoms with E-state index in [-0.39, 0.29) is 23.7 Å². The average molecular weight is 268 g/mol. The summed E-state index contributed by atoms with van der Waals surface area (Å²) in [6, 6.07) is -0.0528. The van der Waals surface area contributed by atoms with Gasteiger partial charge in [0.15, 0.2) is 0 Å². The van der Waals surface area contributed by atoms with Crippen LogP contribution in [0.3, 0.4) is 0 Å². The number of ether oxygens (including phenoxy) is 1. The summed E-state index contributed by atoms with van der Waals surface area (Å²) in [5.41, 5.74) is -0.271. The highest BCUT2D eigenvalue weighted by Gasteiger charge is 2.43. The van der Waals surface area contributed by atoms with Crippen molar-refractivity contribution in [1.29, 1.82) is 0 Å². The summed E-state index contributed by atoms with van der Waals surface area (Å²) < 4.78 is 5.76. The van der Waals surface area contributed by atoms with E-state index in [1.165, 1.54) is 25.7 Å². The monoisotopic (exact) mass is 268 g/mol. The van der Waals surface area contributed by atoms with Crippen molar-refractivity contribution in [1.82, 2.24) is 10.2 Å². The van der Waals surface area contributed by atoms with E-state index in [2.05, 4.69) is 19.2 Å². The molecule has 0 bridgehead atoms. The number of carbonyl (C=O) groups excluding carboxylic acids is 1. The Morgan fingerprint density at radius 3 is 2.58 bits per heavy atom. The lowest BCUT2D eigenvalue weighted by molar-refractivity contribution is -0.135.